The van der Waals surface area contributed by atoms with Crippen LogP contribution in [0.1, 0.15) is 22.3 Å². The van der Waals surface area contributed by atoms with Crippen LogP contribution >= 0.6 is 0 Å². The van der Waals surface area contributed by atoms with Gasteiger partial charge >= 0.3 is 0 Å². The molecular formula is C20H26N4O. The molecule has 1 aromatic carbocycles. The third-order valence-corrected chi connectivity index (χ3v) is 4.60. The molecule has 1 amide bonds. The van der Waals surface area contributed by atoms with E-state index in [4.69, 9.17) is 0 Å². The summed E-state index contributed by atoms with van der Waals surface area (Å²) in [6.45, 7) is 2.56. The summed E-state index contributed by atoms with van der Waals surface area (Å²) in [5.41, 5.74) is 5.29. The molecular weight excluding hydrogens is 312 g/mol. The zero-order chi connectivity index (χ0) is 17.8. The minimum atomic E-state index is -0.0760. The van der Waals surface area contributed by atoms with Gasteiger partial charge < -0.3 is 15.1 Å². The predicted molar refractivity (Wildman–Crippen MR) is 102 cm³/mol. The maximum Gasteiger partial charge on any atom is 0.252 e. The largest absolute Gasteiger partial charge is 0.374 e. The molecule has 1 N–H and O–H groups in total. The second-order valence-corrected chi connectivity index (χ2v) is 6.86. The summed E-state index contributed by atoms with van der Waals surface area (Å²) in [5, 5.41) is 2.91. The number of fused-ring (bicyclic) bond motifs is 1. The Labute approximate surface area is 149 Å². The number of pyridine rings is 1. The molecule has 0 aliphatic carbocycles. The molecule has 1 aromatic heterocycles. The lowest BCUT2D eigenvalue weighted by atomic mass is 9.98. The maximum atomic E-state index is 12.1. The Bertz CT molecular complexity index is 740. The van der Waals surface area contributed by atoms with E-state index in [0.717, 1.165) is 30.8 Å². The first-order valence-corrected chi connectivity index (χ1v) is 8.78. The van der Waals surface area contributed by atoms with Crippen LogP contribution in [0.2, 0.25) is 0 Å². The molecule has 25 heavy (non-hydrogen) atoms. The van der Waals surface area contributed by atoms with Crippen molar-refractivity contribution < 1.29 is 4.79 Å². The molecule has 5 nitrogen and oxygen atoms in total. The number of nitrogens with one attached hydrogen (secondary N) is 1. The Morgan fingerprint density at radius 2 is 2.12 bits per heavy atom. The van der Waals surface area contributed by atoms with Crippen LogP contribution < -0.4 is 10.2 Å². The van der Waals surface area contributed by atoms with Crippen molar-refractivity contribution in [2.45, 2.75) is 12.8 Å². The van der Waals surface area contributed by atoms with Crippen LogP contribution in [0.25, 0.3) is 11.3 Å². The van der Waals surface area contributed by atoms with Gasteiger partial charge in [0.25, 0.3) is 5.91 Å². The Hall–Kier alpha value is -2.40. The van der Waals surface area contributed by atoms with Crippen molar-refractivity contribution in [3.05, 3.63) is 47.7 Å². The summed E-state index contributed by atoms with van der Waals surface area (Å²) in [7, 11) is 6.11. The highest BCUT2D eigenvalue weighted by molar-refractivity contribution is 5.94. The molecule has 0 bridgehead atoms. The van der Waals surface area contributed by atoms with Gasteiger partial charge in [-0.25, -0.2) is 0 Å². The van der Waals surface area contributed by atoms with E-state index in [2.05, 4.69) is 40.4 Å². The molecule has 0 saturated heterocycles. The van der Waals surface area contributed by atoms with E-state index >= 15 is 0 Å². The molecule has 1 aliphatic rings. The molecule has 0 saturated carbocycles. The average Bonchev–Trinajstić information content (AvgIpc) is 2.61. The summed E-state index contributed by atoms with van der Waals surface area (Å²) in [6, 6.07) is 10.3. The van der Waals surface area contributed by atoms with Crippen LogP contribution in [-0.2, 0) is 6.42 Å². The first-order valence-electron chi connectivity index (χ1n) is 8.78. The van der Waals surface area contributed by atoms with Crippen LogP contribution in [0.15, 0.2) is 36.5 Å². The number of anilines is 1. The van der Waals surface area contributed by atoms with Gasteiger partial charge in [-0.3, -0.25) is 9.78 Å². The topological polar surface area (TPSA) is 48.5 Å². The number of rotatable bonds is 5. The number of carbonyl (C=O) groups excluding carboxylic acids is 1. The molecule has 2 aromatic rings. The number of amides is 1. The zero-order valence-electron chi connectivity index (χ0n) is 15.2. The van der Waals surface area contributed by atoms with Gasteiger partial charge in [0, 0.05) is 44.1 Å². The van der Waals surface area contributed by atoms with E-state index in [-0.39, 0.29) is 5.91 Å². The Morgan fingerprint density at radius 1 is 1.28 bits per heavy atom. The third kappa shape index (κ3) is 4.17. The molecule has 0 unspecified atom stereocenters. The van der Waals surface area contributed by atoms with Crippen molar-refractivity contribution in [2.24, 2.45) is 0 Å². The summed E-state index contributed by atoms with van der Waals surface area (Å²) in [5.74, 6) is -0.0760. The monoisotopic (exact) mass is 338 g/mol. The van der Waals surface area contributed by atoms with E-state index in [0.29, 0.717) is 12.1 Å². The molecule has 1 aliphatic heterocycles. The smallest absolute Gasteiger partial charge is 0.252 e. The van der Waals surface area contributed by atoms with E-state index in [1.54, 1.807) is 6.20 Å². The molecule has 0 spiro atoms. The first kappa shape index (κ1) is 17.4. The van der Waals surface area contributed by atoms with Crippen molar-refractivity contribution in [3.63, 3.8) is 0 Å². The van der Waals surface area contributed by atoms with Gasteiger partial charge in [0.15, 0.2) is 0 Å². The maximum absolute atomic E-state index is 12.1. The molecule has 0 radical (unpaired) electrons. The minimum absolute atomic E-state index is 0.0760. The molecule has 0 fully saturated rings. The fraction of sp³-hybridized carbons (Fsp3) is 0.400. The highest BCUT2D eigenvalue weighted by atomic mass is 16.1. The van der Waals surface area contributed by atoms with Gasteiger partial charge in [0.1, 0.15) is 0 Å². The van der Waals surface area contributed by atoms with Crippen LogP contribution in [0, 0.1) is 0 Å². The Morgan fingerprint density at radius 3 is 2.84 bits per heavy atom. The first-order chi connectivity index (χ1) is 12.0. The lowest BCUT2D eigenvalue weighted by molar-refractivity contribution is 0.0950. The highest BCUT2D eigenvalue weighted by Gasteiger charge is 2.14. The van der Waals surface area contributed by atoms with Crippen molar-refractivity contribution in [2.75, 3.05) is 45.7 Å². The minimum Gasteiger partial charge on any atom is -0.374 e. The lowest BCUT2D eigenvalue weighted by Crippen LogP contribution is -2.31. The van der Waals surface area contributed by atoms with E-state index < -0.39 is 0 Å². The molecule has 132 valence electrons. The van der Waals surface area contributed by atoms with Crippen molar-refractivity contribution in [1.82, 2.24) is 15.2 Å². The summed E-state index contributed by atoms with van der Waals surface area (Å²) in [6.07, 6.45) is 3.96. The summed E-state index contributed by atoms with van der Waals surface area (Å²) >= 11 is 0. The predicted octanol–water partition coefficient (Wildman–Crippen LogP) is 2.42. The number of likely N-dealkylation sites (N-methyl/N-ethyl adjacent to an activating group) is 1. The molecule has 3 rings (SSSR count). The third-order valence-electron chi connectivity index (χ3n) is 4.60. The second kappa shape index (κ2) is 7.66. The van der Waals surface area contributed by atoms with Crippen LogP contribution in [-0.4, -0.2) is 56.6 Å². The fourth-order valence-corrected chi connectivity index (χ4v) is 3.14. The Kier molecular flexibility index (Phi) is 5.34. The van der Waals surface area contributed by atoms with Gasteiger partial charge in [-0.05, 0) is 56.8 Å². The summed E-state index contributed by atoms with van der Waals surface area (Å²) in [4.78, 5) is 21.0. The van der Waals surface area contributed by atoms with Crippen LogP contribution in [0.4, 0.5) is 5.69 Å². The second-order valence-electron chi connectivity index (χ2n) is 6.86. The van der Waals surface area contributed by atoms with Gasteiger partial charge in [-0.2, -0.15) is 0 Å². The lowest BCUT2D eigenvalue weighted by Gasteiger charge is -2.27. The SMILES string of the molecule is CN(C)CCNC(=O)c1ccc(-c2ccc3c(c2)CCCN3C)nc1. The van der Waals surface area contributed by atoms with Crippen LogP contribution in [0.5, 0.6) is 0 Å². The number of hydrogen-bond acceptors (Lipinski definition) is 4. The quantitative estimate of drug-likeness (QED) is 0.910. The molecule has 5 heteroatoms. The average molecular weight is 338 g/mol. The molecule has 2 heterocycles. The van der Waals surface area contributed by atoms with E-state index in [1.165, 1.54) is 17.7 Å². The number of carbonyl (C=O) groups is 1. The number of nitrogens with zero attached hydrogens (tertiary/aromatic N) is 3. The fourth-order valence-electron chi connectivity index (χ4n) is 3.14. The van der Waals surface area contributed by atoms with Crippen molar-refractivity contribution >= 4 is 11.6 Å². The zero-order valence-corrected chi connectivity index (χ0v) is 15.2. The normalized spacial score (nSPS) is 13.7. The number of aromatic nitrogens is 1. The number of hydrogen-bond donors (Lipinski definition) is 1. The Balaban J connectivity index is 1.71. The van der Waals surface area contributed by atoms with Crippen molar-refractivity contribution in [3.8, 4) is 11.3 Å². The van der Waals surface area contributed by atoms with Gasteiger partial charge in [-0.1, -0.05) is 6.07 Å². The number of benzene rings is 1. The standard InChI is InChI=1S/C20H26N4O/c1-23(2)12-10-21-20(25)17-6-8-18(22-14-17)15-7-9-19-16(13-15)5-4-11-24(19)3/h6-9,13-14H,4-5,10-12H2,1-3H3,(H,21,25). The highest BCUT2D eigenvalue weighted by Crippen LogP contribution is 2.30. The van der Waals surface area contributed by atoms with E-state index in [1.807, 2.05) is 31.1 Å². The van der Waals surface area contributed by atoms with Crippen LogP contribution in [0.3, 0.4) is 0 Å². The van der Waals surface area contributed by atoms with Gasteiger partial charge in [-0.15, -0.1) is 0 Å². The number of aryl methyl sites for hydroxylation is 1. The van der Waals surface area contributed by atoms with E-state index in [9.17, 15) is 4.79 Å². The van der Waals surface area contributed by atoms with Gasteiger partial charge in [0.2, 0.25) is 0 Å². The van der Waals surface area contributed by atoms with Crippen molar-refractivity contribution in [1.29, 1.82) is 0 Å². The summed E-state index contributed by atoms with van der Waals surface area (Å²) < 4.78 is 0. The molecule has 0 atom stereocenters. The van der Waals surface area contributed by atoms with Gasteiger partial charge in [0.05, 0.1) is 11.3 Å².